The van der Waals surface area contributed by atoms with E-state index in [-0.39, 0.29) is 30.1 Å². The van der Waals surface area contributed by atoms with E-state index in [1.807, 2.05) is 0 Å². The maximum atomic E-state index is 11.8. The van der Waals surface area contributed by atoms with E-state index in [1.165, 1.54) is 18.2 Å². The molecule has 0 aliphatic carbocycles. The van der Waals surface area contributed by atoms with Crippen LogP contribution in [0.3, 0.4) is 0 Å². The Bertz CT molecular complexity index is 557. The number of nitrogens with one attached hydrogen (secondary N) is 1. The third-order valence-corrected chi connectivity index (χ3v) is 3.30. The van der Waals surface area contributed by atoms with Crippen molar-refractivity contribution in [2.75, 3.05) is 31.7 Å². The zero-order valence-corrected chi connectivity index (χ0v) is 12.9. The molecule has 1 heterocycles. The molecule has 126 valence electrons. The predicted molar refractivity (Wildman–Crippen MR) is 82.7 cm³/mol. The number of carbonyl (C=O) groups excluding carboxylic acids is 1. The van der Waals surface area contributed by atoms with Gasteiger partial charge in [-0.2, -0.15) is 0 Å². The fourth-order valence-electron chi connectivity index (χ4n) is 2.27. The Hall–Kier alpha value is -2.19. The Balaban J connectivity index is 1.86. The quantitative estimate of drug-likeness (QED) is 0.581. The molecule has 1 N–H and O–H groups in total. The van der Waals surface area contributed by atoms with E-state index in [9.17, 15) is 14.9 Å². The fraction of sp³-hybridized carbons (Fsp3) is 0.533. The molecule has 8 heteroatoms. The maximum Gasteiger partial charge on any atom is 0.311 e. The Kier molecular flexibility index (Phi) is 6.30. The molecule has 2 rings (SSSR count). The normalized spacial score (nSPS) is 17.0. The molecule has 0 saturated carbocycles. The molecule has 1 saturated heterocycles. The van der Waals surface area contributed by atoms with Gasteiger partial charge >= 0.3 is 5.69 Å². The monoisotopic (exact) mass is 324 g/mol. The minimum Gasteiger partial charge on any atom is -0.487 e. The number of hydrogen-bond donors (Lipinski definition) is 1. The van der Waals surface area contributed by atoms with Crippen molar-refractivity contribution in [2.24, 2.45) is 0 Å². The second kappa shape index (κ2) is 8.44. The highest BCUT2D eigenvalue weighted by Crippen LogP contribution is 2.30. The summed E-state index contributed by atoms with van der Waals surface area (Å²) in [6.07, 6.45) is 2.02. The summed E-state index contributed by atoms with van der Waals surface area (Å²) in [7, 11) is 0. The van der Waals surface area contributed by atoms with Crippen LogP contribution in [0.2, 0.25) is 0 Å². The van der Waals surface area contributed by atoms with Gasteiger partial charge in [-0.15, -0.1) is 0 Å². The summed E-state index contributed by atoms with van der Waals surface area (Å²) in [5.41, 5.74) is 0.282. The Labute approximate surface area is 133 Å². The lowest BCUT2D eigenvalue weighted by atomic mass is 10.2. The molecule has 8 nitrogen and oxygen atoms in total. The van der Waals surface area contributed by atoms with Crippen LogP contribution in [0.4, 0.5) is 11.4 Å². The number of nitrogens with zero attached hydrogens (tertiary/aromatic N) is 1. The van der Waals surface area contributed by atoms with Crippen molar-refractivity contribution in [3.8, 4) is 5.75 Å². The maximum absolute atomic E-state index is 11.8. The Morgan fingerprint density at radius 1 is 1.52 bits per heavy atom. The smallest absolute Gasteiger partial charge is 0.311 e. The molecule has 1 fully saturated rings. The number of benzene rings is 1. The summed E-state index contributed by atoms with van der Waals surface area (Å²) in [4.78, 5) is 22.2. The number of amides is 1. The van der Waals surface area contributed by atoms with Crippen molar-refractivity contribution in [3.05, 3.63) is 28.3 Å². The summed E-state index contributed by atoms with van der Waals surface area (Å²) in [5, 5.41) is 13.5. The summed E-state index contributed by atoms with van der Waals surface area (Å²) >= 11 is 0. The highest BCUT2D eigenvalue weighted by molar-refractivity contribution is 5.92. The van der Waals surface area contributed by atoms with Crippen LogP contribution >= 0.6 is 0 Å². The van der Waals surface area contributed by atoms with E-state index in [1.54, 1.807) is 6.92 Å². The van der Waals surface area contributed by atoms with Gasteiger partial charge in [0.25, 0.3) is 0 Å². The Morgan fingerprint density at radius 2 is 2.35 bits per heavy atom. The summed E-state index contributed by atoms with van der Waals surface area (Å²) in [6.45, 7) is 3.05. The zero-order chi connectivity index (χ0) is 16.7. The average molecular weight is 324 g/mol. The van der Waals surface area contributed by atoms with Crippen LogP contribution in [-0.4, -0.2) is 43.4 Å². The molecule has 1 amide bonds. The topological polar surface area (TPSA) is 99.9 Å². The second-order valence-electron chi connectivity index (χ2n) is 5.07. The van der Waals surface area contributed by atoms with Crippen LogP contribution in [0.15, 0.2) is 18.2 Å². The van der Waals surface area contributed by atoms with E-state index in [4.69, 9.17) is 14.2 Å². The van der Waals surface area contributed by atoms with Gasteiger partial charge < -0.3 is 19.5 Å². The highest BCUT2D eigenvalue weighted by Gasteiger charge is 2.17. The van der Waals surface area contributed by atoms with E-state index < -0.39 is 4.92 Å². The number of anilines is 1. The molecular weight excluding hydrogens is 304 g/mol. The van der Waals surface area contributed by atoms with E-state index in [2.05, 4.69) is 5.32 Å². The van der Waals surface area contributed by atoms with Gasteiger partial charge in [0.05, 0.1) is 24.2 Å². The molecule has 1 aromatic rings. The van der Waals surface area contributed by atoms with E-state index >= 15 is 0 Å². The van der Waals surface area contributed by atoms with Gasteiger partial charge in [-0.1, -0.05) is 0 Å². The zero-order valence-electron chi connectivity index (χ0n) is 12.9. The largest absolute Gasteiger partial charge is 0.487 e. The third-order valence-electron chi connectivity index (χ3n) is 3.30. The molecule has 1 aromatic carbocycles. The van der Waals surface area contributed by atoms with Gasteiger partial charge in [-0.25, -0.2) is 0 Å². The first-order chi connectivity index (χ1) is 11.1. The molecular formula is C15H20N2O6. The first kappa shape index (κ1) is 17.2. The number of nitro benzene ring substituents is 1. The summed E-state index contributed by atoms with van der Waals surface area (Å²) < 4.78 is 15.9. The first-order valence-corrected chi connectivity index (χ1v) is 7.50. The van der Waals surface area contributed by atoms with Crippen LogP contribution in [0.1, 0.15) is 19.8 Å². The Morgan fingerprint density at radius 3 is 3.00 bits per heavy atom. The summed E-state index contributed by atoms with van der Waals surface area (Å²) in [5.74, 6) is -0.213. The van der Waals surface area contributed by atoms with Gasteiger partial charge in [0.15, 0.2) is 5.75 Å². The van der Waals surface area contributed by atoms with Crippen molar-refractivity contribution in [2.45, 2.75) is 25.9 Å². The molecule has 0 aromatic heterocycles. The number of hydrogen-bond acceptors (Lipinski definition) is 6. The molecule has 1 unspecified atom stereocenters. The lowest BCUT2D eigenvalue weighted by Gasteiger charge is -2.11. The number of nitro groups is 1. The fourth-order valence-corrected chi connectivity index (χ4v) is 2.27. The van der Waals surface area contributed by atoms with Gasteiger partial charge in [0.1, 0.15) is 6.61 Å². The molecule has 1 atom stereocenters. The molecule has 1 aliphatic rings. The molecule has 0 spiro atoms. The van der Waals surface area contributed by atoms with Gasteiger partial charge in [-0.3, -0.25) is 14.9 Å². The van der Waals surface area contributed by atoms with Crippen molar-refractivity contribution in [3.63, 3.8) is 0 Å². The van der Waals surface area contributed by atoms with Gasteiger partial charge in [0.2, 0.25) is 5.91 Å². The van der Waals surface area contributed by atoms with Crippen LogP contribution in [0.25, 0.3) is 0 Å². The van der Waals surface area contributed by atoms with E-state index in [0.717, 1.165) is 19.4 Å². The van der Waals surface area contributed by atoms with Gasteiger partial charge in [-0.05, 0) is 25.8 Å². The third kappa shape index (κ3) is 5.19. The van der Waals surface area contributed by atoms with E-state index in [0.29, 0.717) is 18.9 Å². The van der Waals surface area contributed by atoms with Crippen LogP contribution in [0, 0.1) is 10.1 Å². The van der Waals surface area contributed by atoms with Crippen molar-refractivity contribution in [1.29, 1.82) is 0 Å². The van der Waals surface area contributed by atoms with Crippen LogP contribution in [-0.2, 0) is 14.3 Å². The van der Waals surface area contributed by atoms with Crippen LogP contribution < -0.4 is 10.1 Å². The molecule has 0 bridgehead atoms. The SMILES string of the molecule is CCOc1cc(NC(=O)COCC2CCCO2)ccc1[N+](=O)[O-]. The first-order valence-electron chi connectivity index (χ1n) is 7.50. The predicted octanol–water partition coefficient (Wildman–Crippen LogP) is 2.13. The standard InChI is InChI=1S/C15H20N2O6/c1-2-22-14-8-11(5-6-13(14)17(19)20)16-15(18)10-21-9-12-4-3-7-23-12/h5-6,8,12H,2-4,7,9-10H2,1H3,(H,16,18). The number of carbonyl (C=O) groups is 1. The molecule has 23 heavy (non-hydrogen) atoms. The molecule has 1 aliphatic heterocycles. The molecule has 0 radical (unpaired) electrons. The highest BCUT2D eigenvalue weighted by atomic mass is 16.6. The lowest BCUT2D eigenvalue weighted by Crippen LogP contribution is -2.22. The number of ether oxygens (including phenoxy) is 3. The van der Waals surface area contributed by atoms with Crippen LogP contribution in [0.5, 0.6) is 5.75 Å². The number of rotatable bonds is 8. The van der Waals surface area contributed by atoms with Crippen molar-refractivity contribution in [1.82, 2.24) is 0 Å². The van der Waals surface area contributed by atoms with Crippen molar-refractivity contribution < 1.29 is 23.9 Å². The summed E-state index contributed by atoms with van der Waals surface area (Å²) in [6, 6.07) is 4.19. The minimum absolute atomic E-state index is 0.0618. The van der Waals surface area contributed by atoms with Gasteiger partial charge in [0, 0.05) is 24.4 Å². The minimum atomic E-state index is -0.526. The lowest BCUT2D eigenvalue weighted by molar-refractivity contribution is -0.385. The average Bonchev–Trinajstić information content (AvgIpc) is 3.01. The van der Waals surface area contributed by atoms with Crippen molar-refractivity contribution >= 4 is 17.3 Å². The second-order valence-corrected chi connectivity index (χ2v) is 5.07.